The topological polar surface area (TPSA) is 90.8 Å². The summed E-state index contributed by atoms with van der Waals surface area (Å²) in [7, 11) is 0. The van der Waals surface area contributed by atoms with Crippen molar-refractivity contribution in [3.05, 3.63) is 59.2 Å². The quantitative estimate of drug-likeness (QED) is 0.598. The number of nitrogens with zero attached hydrogens (tertiary/aromatic N) is 1. The molecule has 1 aliphatic rings. The smallest absolute Gasteiger partial charge is 0.275 e. The Labute approximate surface area is 139 Å². The van der Waals surface area contributed by atoms with Gasteiger partial charge in [0.15, 0.2) is 0 Å². The molecule has 122 valence electrons. The van der Waals surface area contributed by atoms with Crippen LogP contribution in [0.1, 0.15) is 34.8 Å². The number of amides is 2. The van der Waals surface area contributed by atoms with Gasteiger partial charge in [-0.25, -0.2) is 5.43 Å². The Morgan fingerprint density at radius 1 is 1.21 bits per heavy atom. The van der Waals surface area contributed by atoms with Crippen LogP contribution in [0.15, 0.2) is 47.6 Å². The van der Waals surface area contributed by atoms with E-state index in [1.54, 1.807) is 19.1 Å². The van der Waals surface area contributed by atoms with E-state index in [4.69, 9.17) is 0 Å². The highest BCUT2D eigenvalue weighted by Gasteiger charge is 2.15. The summed E-state index contributed by atoms with van der Waals surface area (Å²) < 4.78 is 0. The summed E-state index contributed by atoms with van der Waals surface area (Å²) in [5, 5.41) is 16.6. The largest absolute Gasteiger partial charge is 0.507 e. The number of fused-ring (bicyclic) bond motifs is 1. The normalized spacial score (nSPS) is 13.9. The molecule has 0 saturated heterocycles. The van der Waals surface area contributed by atoms with Gasteiger partial charge < -0.3 is 10.4 Å². The van der Waals surface area contributed by atoms with Gasteiger partial charge in [0.05, 0.1) is 11.3 Å². The average Bonchev–Trinajstić information content (AvgIpc) is 2.59. The third-order valence-electron chi connectivity index (χ3n) is 3.89. The van der Waals surface area contributed by atoms with Gasteiger partial charge in [-0.3, -0.25) is 9.59 Å². The third-order valence-corrected chi connectivity index (χ3v) is 3.89. The number of nitrogens with one attached hydrogen (secondary N) is 2. The number of phenolic OH excluding ortho intramolecular Hbond substituents is 1. The van der Waals surface area contributed by atoms with Crippen molar-refractivity contribution in [2.75, 3.05) is 5.32 Å². The van der Waals surface area contributed by atoms with E-state index in [0.29, 0.717) is 18.6 Å². The lowest BCUT2D eigenvalue weighted by molar-refractivity contribution is -0.116. The van der Waals surface area contributed by atoms with Gasteiger partial charge >= 0.3 is 0 Å². The Morgan fingerprint density at radius 2 is 2.00 bits per heavy atom. The van der Waals surface area contributed by atoms with Crippen LogP contribution < -0.4 is 10.7 Å². The molecule has 0 unspecified atom stereocenters. The van der Waals surface area contributed by atoms with Gasteiger partial charge in [0.2, 0.25) is 5.91 Å². The van der Waals surface area contributed by atoms with Crippen molar-refractivity contribution in [2.24, 2.45) is 5.10 Å². The van der Waals surface area contributed by atoms with Crippen molar-refractivity contribution >= 4 is 23.2 Å². The van der Waals surface area contributed by atoms with Crippen LogP contribution in [0.25, 0.3) is 0 Å². The average molecular weight is 323 g/mol. The highest BCUT2D eigenvalue weighted by molar-refractivity contribution is 6.02. The highest BCUT2D eigenvalue weighted by Crippen LogP contribution is 2.23. The van der Waals surface area contributed by atoms with Gasteiger partial charge in [0.1, 0.15) is 5.75 Å². The van der Waals surface area contributed by atoms with Gasteiger partial charge in [-0.05, 0) is 48.7 Å². The number of hydrazone groups is 1. The maximum Gasteiger partial charge on any atom is 0.275 e. The molecule has 6 nitrogen and oxygen atoms in total. The Kier molecular flexibility index (Phi) is 4.29. The summed E-state index contributed by atoms with van der Waals surface area (Å²) >= 11 is 0. The van der Waals surface area contributed by atoms with Crippen molar-refractivity contribution in [1.82, 2.24) is 5.43 Å². The molecule has 2 aromatic rings. The van der Waals surface area contributed by atoms with Crippen LogP contribution in [0.3, 0.4) is 0 Å². The van der Waals surface area contributed by atoms with Gasteiger partial charge in [0.25, 0.3) is 5.91 Å². The number of phenols is 1. The molecule has 0 atom stereocenters. The van der Waals surface area contributed by atoms with Crippen molar-refractivity contribution in [3.8, 4) is 5.75 Å². The first-order valence-electron chi connectivity index (χ1n) is 7.60. The van der Waals surface area contributed by atoms with Crippen LogP contribution >= 0.6 is 0 Å². The molecular weight excluding hydrogens is 306 g/mol. The van der Waals surface area contributed by atoms with E-state index in [9.17, 15) is 14.7 Å². The van der Waals surface area contributed by atoms with Crippen LogP contribution in [0.2, 0.25) is 0 Å². The van der Waals surface area contributed by atoms with Crippen LogP contribution in [0, 0.1) is 0 Å². The van der Waals surface area contributed by atoms with E-state index in [0.717, 1.165) is 16.8 Å². The standard InChI is InChI=1S/C18H17N3O3/c1-11(20-21-18(24)14-4-2-3-5-16(14)22)12-6-8-15-13(10-12)7-9-17(23)19-15/h2-6,8,10,22H,7,9H2,1H3,(H,19,23)(H,21,24)/b20-11+. The molecular formula is C18H17N3O3. The first-order valence-corrected chi connectivity index (χ1v) is 7.60. The lowest BCUT2D eigenvalue weighted by Gasteiger charge is -2.17. The van der Waals surface area contributed by atoms with E-state index in [1.807, 2.05) is 18.2 Å². The van der Waals surface area contributed by atoms with E-state index in [1.165, 1.54) is 12.1 Å². The second-order valence-electron chi connectivity index (χ2n) is 5.58. The minimum absolute atomic E-state index is 0.0237. The minimum atomic E-state index is -0.474. The van der Waals surface area contributed by atoms with Crippen molar-refractivity contribution in [2.45, 2.75) is 19.8 Å². The molecule has 6 heteroatoms. The monoisotopic (exact) mass is 323 g/mol. The maximum absolute atomic E-state index is 12.0. The molecule has 0 bridgehead atoms. The van der Waals surface area contributed by atoms with Crippen LogP contribution in [-0.2, 0) is 11.2 Å². The molecule has 0 aromatic heterocycles. The number of carbonyl (C=O) groups is 2. The Bertz CT molecular complexity index is 843. The summed E-state index contributed by atoms with van der Waals surface area (Å²) in [6.45, 7) is 1.79. The molecule has 0 fully saturated rings. The zero-order valence-corrected chi connectivity index (χ0v) is 13.2. The Balaban J connectivity index is 1.76. The predicted molar refractivity (Wildman–Crippen MR) is 91.2 cm³/mol. The summed E-state index contributed by atoms with van der Waals surface area (Å²) in [6, 6.07) is 11.9. The number of aromatic hydroxyl groups is 1. The number of anilines is 1. The van der Waals surface area contributed by atoms with Crippen molar-refractivity contribution < 1.29 is 14.7 Å². The van der Waals surface area contributed by atoms with Gasteiger partial charge in [-0.15, -0.1) is 0 Å². The predicted octanol–water partition coefficient (Wildman–Crippen LogP) is 2.43. The zero-order chi connectivity index (χ0) is 17.1. The number of benzene rings is 2. The van der Waals surface area contributed by atoms with Gasteiger partial charge in [-0.1, -0.05) is 18.2 Å². The van der Waals surface area contributed by atoms with Crippen molar-refractivity contribution in [3.63, 3.8) is 0 Å². The molecule has 0 aliphatic carbocycles. The second kappa shape index (κ2) is 6.54. The molecule has 2 aromatic carbocycles. The Morgan fingerprint density at radius 3 is 2.79 bits per heavy atom. The molecule has 0 radical (unpaired) electrons. The fourth-order valence-electron chi connectivity index (χ4n) is 2.53. The molecule has 3 rings (SSSR count). The molecule has 0 spiro atoms. The molecule has 1 aliphatic heterocycles. The molecule has 1 heterocycles. The summed E-state index contributed by atoms with van der Waals surface area (Å²) in [5.41, 5.74) is 5.98. The maximum atomic E-state index is 12.0. The summed E-state index contributed by atoms with van der Waals surface area (Å²) in [4.78, 5) is 23.4. The second-order valence-corrected chi connectivity index (χ2v) is 5.58. The molecule has 0 saturated carbocycles. The third kappa shape index (κ3) is 3.27. The number of rotatable bonds is 3. The van der Waals surface area contributed by atoms with E-state index in [2.05, 4.69) is 15.8 Å². The van der Waals surface area contributed by atoms with Gasteiger partial charge in [0, 0.05) is 12.1 Å². The van der Waals surface area contributed by atoms with Crippen LogP contribution in [0.4, 0.5) is 5.69 Å². The number of hydrogen-bond acceptors (Lipinski definition) is 4. The van der Waals surface area contributed by atoms with Crippen molar-refractivity contribution in [1.29, 1.82) is 0 Å². The fourth-order valence-corrected chi connectivity index (χ4v) is 2.53. The first-order chi connectivity index (χ1) is 11.5. The van der Waals surface area contributed by atoms with E-state index >= 15 is 0 Å². The highest BCUT2D eigenvalue weighted by atomic mass is 16.3. The minimum Gasteiger partial charge on any atom is -0.507 e. The number of hydrogen-bond donors (Lipinski definition) is 3. The molecule has 3 N–H and O–H groups in total. The number of aryl methyl sites for hydroxylation is 1. The number of carbonyl (C=O) groups excluding carboxylic acids is 2. The van der Waals surface area contributed by atoms with Gasteiger partial charge in [-0.2, -0.15) is 5.10 Å². The fraction of sp³-hybridized carbons (Fsp3) is 0.167. The van der Waals surface area contributed by atoms with Crippen LogP contribution in [-0.4, -0.2) is 22.6 Å². The van der Waals surface area contributed by atoms with E-state index < -0.39 is 5.91 Å². The first kappa shape index (κ1) is 15.7. The number of para-hydroxylation sites is 1. The SMILES string of the molecule is C/C(=N\NC(=O)c1ccccc1O)c1ccc2c(c1)CCC(=O)N2. The lowest BCUT2D eigenvalue weighted by atomic mass is 9.99. The lowest BCUT2D eigenvalue weighted by Crippen LogP contribution is -2.20. The molecule has 24 heavy (non-hydrogen) atoms. The zero-order valence-electron chi connectivity index (χ0n) is 13.2. The van der Waals surface area contributed by atoms with E-state index in [-0.39, 0.29) is 17.2 Å². The molecule has 2 amide bonds. The van der Waals surface area contributed by atoms with Crippen LogP contribution in [0.5, 0.6) is 5.75 Å². The summed E-state index contributed by atoms with van der Waals surface area (Å²) in [5.74, 6) is -0.541. The summed E-state index contributed by atoms with van der Waals surface area (Å²) in [6.07, 6.45) is 1.16. The Hall–Kier alpha value is -3.15.